The Morgan fingerprint density at radius 2 is 1.90 bits per heavy atom. The van der Waals surface area contributed by atoms with Crippen LogP contribution in [0.15, 0.2) is 59.1 Å². The largest absolute Gasteiger partial charge is 0.419 e. The van der Waals surface area contributed by atoms with Crippen molar-refractivity contribution in [2.24, 2.45) is 0 Å². The van der Waals surface area contributed by atoms with Crippen molar-refractivity contribution < 1.29 is 9.21 Å². The molecule has 2 heterocycles. The fraction of sp³-hybridized carbons (Fsp3) is 0.227. The second kappa shape index (κ2) is 8.09. The first kappa shape index (κ1) is 19.2. The monoisotopic (exact) mass is 408 g/mol. The zero-order valence-electron chi connectivity index (χ0n) is 16.2. The van der Waals surface area contributed by atoms with E-state index >= 15 is 0 Å². The quantitative estimate of drug-likeness (QED) is 0.494. The normalized spacial score (nSPS) is 11.3. The van der Waals surface area contributed by atoms with Crippen molar-refractivity contribution in [3.63, 3.8) is 0 Å². The van der Waals surface area contributed by atoms with Crippen LogP contribution in [0.2, 0.25) is 5.02 Å². The molecule has 0 saturated heterocycles. The van der Waals surface area contributed by atoms with Crippen molar-refractivity contribution in [3.8, 4) is 11.5 Å². The second-order valence-electron chi connectivity index (χ2n) is 7.13. The molecule has 0 atom stereocenters. The summed E-state index contributed by atoms with van der Waals surface area (Å²) in [5.74, 6) is 0.724. The number of para-hydroxylation sites is 1. The van der Waals surface area contributed by atoms with Gasteiger partial charge in [0.05, 0.1) is 23.6 Å². The standard InChI is InChI=1S/C22H21ClN4O2/c1-14(2)27(21(28)11-15-12-24-19-10-6-4-7-16(15)19)13-20-25-26-22(29-20)17-8-3-5-9-18(17)23/h3-10,12,14,24H,11,13H2,1-2H3. The number of hydrogen-bond donors (Lipinski definition) is 1. The Bertz CT molecular complexity index is 1150. The van der Waals surface area contributed by atoms with E-state index in [1.54, 1.807) is 11.0 Å². The summed E-state index contributed by atoms with van der Waals surface area (Å²) in [6.45, 7) is 4.19. The number of carbonyl (C=O) groups is 1. The lowest BCUT2D eigenvalue weighted by atomic mass is 10.1. The molecule has 148 valence electrons. The van der Waals surface area contributed by atoms with Crippen LogP contribution in [-0.4, -0.2) is 32.0 Å². The first-order chi connectivity index (χ1) is 14.0. The van der Waals surface area contributed by atoms with Gasteiger partial charge in [-0.25, -0.2) is 0 Å². The number of hydrogen-bond acceptors (Lipinski definition) is 4. The number of halogens is 1. The van der Waals surface area contributed by atoms with Gasteiger partial charge in [-0.05, 0) is 37.6 Å². The number of amides is 1. The number of nitrogens with zero attached hydrogens (tertiary/aromatic N) is 3. The summed E-state index contributed by atoms with van der Waals surface area (Å²) in [7, 11) is 0. The number of rotatable bonds is 6. The molecule has 2 aromatic carbocycles. The van der Waals surface area contributed by atoms with Gasteiger partial charge < -0.3 is 14.3 Å². The molecule has 0 saturated carbocycles. The van der Waals surface area contributed by atoms with E-state index in [0.29, 0.717) is 28.8 Å². The lowest BCUT2D eigenvalue weighted by Crippen LogP contribution is -2.37. The maximum atomic E-state index is 13.0. The van der Waals surface area contributed by atoms with Gasteiger partial charge in [0.15, 0.2) is 0 Å². The van der Waals surface area contributed by atoms with E-state index in [2.05, 4.69) is 15.2 Å². The van der Waals surface area contributed by atoms with Gasteiger partial charge in [-0.3, -0.25) is 4.79 Å². The van der Waals surface area contributed by atoms with Crippen LogP contribution in [0.1, 0.15) is 25.3 Å². The van der Waals surface area contributed by atoms with Crippen LogP contribution in [0, 0.1) is 0 Å². The number of aromatic amines is 1. The summed E-state index contributed by atoms with van der Waals surface area (Å²) in [6, 6.07) is 15.2. The predicted octanol–water partition coefficient (Wildman–Crippen LogP) is 4.85. The summed E-state index contributed by atoms with van der Waals surface area (Å²) in [6.07, 6.45) is 2.19. The second-order valence-corrected chi connectivity index (χ2v) is 7.54. The fourth-order valence-electron chi connectivity index (χ4n) is 3.31. The van der Waals surface area contributed by atoms with Crippen molar-refractivity contribution in [1.29, 1.82) is 0 Å². The van der Waals surface area contributed by atoms with Gasteiger partial charge in [0, 0.05) is 23.1 Å². The molecular formula is C22H21ClN4O2. The van der Waals surface area contributed by atoms with Crippen molar-refractivity contribution in [3.05, 3.63) is 71.2 Å². The van der Waals surface area contributed by atoms with Gasteiger partial charge in [0.2, 0.25) is 17.7 Å². The molecule has 6 nitrogen and oxygen atoms in total. The molecule has 0 unspecified atom stereocenters. The number of fused-ring (bicyclic) bond motifs is 1. The predicted molar refractivity (Wildman–Crippen MR) is 112 cm³/mol. The Balaban J connectivity index is 1.52. The highest BCUT2D eigenvalue weighted by atomic mass is 35.5. The Labute approximate surface area is 173 Å². The summed E-state index contributed by atoms with van der Waals surface area (Å²) < 4.78 is 5.78. The molecule has 7 heteroatoms. The molecule has 0 aliphatic heterocycles. The number of carbonyl (C=O) groups excluding carboxylic acids is 1. The molecule has 4 aromatic rings. The van der Waals surface area contributed by atoms with Crippen molar-refractivity contribution in [1.82, 2.24) is 20.1 Å². The summed E-state index contributed by atoms with van der Waals surface area (Å²) in [5, 5.41) is 9.80. The Morgan fingerprint density at radius 3 is 2.69 bits per heavy atom. The van der Waals surface area contributed by atoms with Crippen LogP contribution < -0.4 is 0 Å². The molecule has 2 aromatic heterocycles. The SMILES string of the molecule is CC(C)N(Cc1nnc(-c2ccccc2Cl)o1)C(=O)Cc1c[nH]c2ccccc12. The summed E-state index contributed by atoms with van der Waals surface area (Å²) >= 11 is 6.21. The zero-order valence-corrected chi connectivity index (χ0v) is 17.0. The molecule has 1 amide bonds. The number of aromatic nitrogens is 3. The molecule has 0 spiro atoms. The van der Waals surface area contributed by atoms with Gasteiger partial charge >= 0.3 is 0 Å². The Morgan fingerprint density at radius 1 is 1.14 bits per heavy atom. The van der Waals surface area contributed by atoms with Crippen LogP contribution in [0.5, 0.6) is 0 Å². The lowest BCUT2D eigenvalue weighted by molar-refractivity contribution is -0.133. The van der Waals surface area contributed by atoms with Crippen molar-refractivity contribution >= 4 is 28.4 Å². The summed E-state index contributed by atoms with van der Waals surface area (Å²) in [5.41, 5.74) is 2.67. The van der Waals surface area contributed by atoms with Crippen LogP contribution in [-0.2, 0) is 17.8 Å². The minimum absolute atomic E-state index is 0.00208. The van der Waals surface area contributed by atoms with E-state index in [-0.39, 0.29) is 18.5 Å². The zero-order chi connectivity index (χ0) is 20.4. The maximum Gasteiger partial charge on any atom is 0.249 e. The molecule has 29 heavy (non-hydrogen) atoms. The minimum Gasteiger partial charge on any atom is -0.419 e. The molecule has 0 radical (unpaired) electrons. The molecule has 1 N–H and O–H groups in total. The topological polar surface area (TPSA) is 75.0 Å². The molecule has 0 bridgehead atoms. The van der Waals surface area contributed by atoms with Gasteiger partial charge in [0.1, 0.15) is 0 Å². The van der Waals surface area contributed by atoms with Crippen LogP contribution >= 0.6 is 11.6 Å². The van der Waals surface area contributed by atoms with E-state index in [0.717, 1.165) is 16.5 Å². The average Bonchev–Trinajstić information content (AvgIpc) is 3.34. The average molecular weight is 409 g/mol. The fourth-order valence-corrected chi connectivity index (χ4v) is 3.52. The highest BCUT2D eigenvalue weighted by molar-refractivity contribution is 6.33. The van der Waals surface area contributed by atoms with Gasteiger partial charge in [0.25, 0.3) is 0 Å². The number of benzene rings is 2. The van der Waals surface area contributed by atoms with Gasteiger partial charge in [-0.15, -0.1) is 10.2 Å². The third kappa shape index (κ3) is 4.03. The van der Waals surface area contributed by atoms with E-state index in [1.165, 1.54) is 0 Å². The number of H-pyrrole nitrogens is 1. The smallest absolute Gasteiger partial charge is 0.249 e. The van der Waals surface area contributed by atoms with Crippen molar-refractivity contribution in [2.45, 2.75) is 32.9 Å². The highest BCUT2D eigenvalue weighted by Gasteiger charge is 2.22. The maximum absolute atomic E-state index is 13.0. The number of nitrogens with one attached hydrogen (secondary N) is 1. The molecule has 0 aliphatic rings. The van der Waals surface area contributed by atoms with Gasteiger partial charge in [-0.1, -0.05) is 41.9 Å². The van der Waals surface area contributed by atoms with E-state index < -0.39 is 0 Å². The first-order valence-corrected chi connectivity index (χ1v) is 9.82. The van der Waals surface area contributed by atoms with Crippen LogP contribution in [0.3, 0.4) is 0 Å². The van der Waals surface area contributed by atoms with Crippen LogP contribution in [0.4, 0.5) is 0 Å². The molecule has 0 fully saturated rings. The highest BCUT2D eigenvalue weighted by Crippen LogP contribution is 2.27. The summed E-state index contributed by atoms with van der Waals surface area (Å²) in [4.78, 5) is 18.0. The molecular weight excluding hydrogens is 388 g/mol. The van der Waals surface area contributed by atoms with E-state index in [1.807, 2.05) is 62.5 Å². The van der Waals surface area contributed by atoms with Crippen molar-refractivity contribution in [2.75, 3.05) is 0 Å². The Kier molecular flexibility index (Phi) is 5.36. The molecule has 0 aliphatic carbocycles. The van der Waals surface area contributed by atoms with E-state index in [4.69, 9.17) is 16.0 Å². The lowest BCUT2D eigenvalue weighted by Gasteiger charge is -2.25. The Hall–Kier alpha value is -3.12. The first-order valence-electron chi connectivity index (χ1n) is 9.44. The third-order valence-electron chi connectivity index (χ3n) is 4.84. The molecule has 4 rings (SSSR count). The van der Waals surface area contributed by atoms with Gasteiger partial charge in [-0.2, -0.15) is 0 Å². The third-order valence-corrected chi connectivity index (χ3v) is 5.17. The minimum atomic E-state index is -0.0108. The van der Waals surface area contributed by atoms with Crippen LogP contribution in [0.25, 0.3) is 22.4 Å². The van der Waals surface area contributed by atoms with E-state index in [9.17, 15) is 4.79 Å².